The summed E-state index contributed by atoms with van der Waals surface area (Å²) in [6.45, 7) is 4.31. The molecule has 0 fully saturated rings. The molecule has 118 valence electrons. The van der Waals surface area contributed by atoms with E-state index in [-0.39, 0.29) is 0 Å². The first-order chi connectivity index (χ1) is 10.9. The fourth-order valence-electron chi connectivity index (χ4n) is 2.58. The van der Waals surface area contributed by atoms with Crippen LogP contribution in [0.5, 0.6) is 11.5 Å². The number of hydrogen-bond acceptors (Lipinski definition) is 4. The lowest BCUT2D eigenvalue weighted by Crippen LogP contribution is -2.16. The first-order valence-corrected chi connectivity index (χ1v) is 7.97. The van der Waals surface area contributed by atoms with Crippen LogP contribution >= 0.6 is 0 Å². The minimum atomic E-state index is 0.731. The number of aryl methyl sites for hydroxylation is 1. The minimum absolute atomic E-state index is 0.731. The van der Waals surface area contributed by atoms with Crippen LogP contribution in [0.3, 0.4) is 0 Å². The van der Waals surface area contributed by atoms with Crippen LogP contribution < -0.4 is 14.8 Å². The molecule has 0 bridgehead atoms. The largest absolute Gasteiger partial charge is 0.490 e. The molecule has 2 heterocycles. The zero-order valence-corrected chi connectivity index (χ0v) is 12.8. The molecule has 1 aliphatic rings. The lowest BCUT2D eigenvalue weighted by Gasteiger charge is -2.13. The lowest BCUT2D eigenvalue weighted by molar-refractivity contribution is 0.296. The van der Waals surface area contributed by atoms with Crippen molar-refractivity contribution >= 4 is 0 Å². The Morgan fingerprint density at radius 2 is 2.14 bits per heavy atom. The average Bonchev–Trinajstić information content (AvgIpc) is 2.93. The smallest absolute Gasteiger partial charge is 0.165 e. The predicted molar refractivity (Wildman–Crippen MR) is 85.2 cm³/mol. The number of nitrogens with one attached hydrogen (secondary N) is 1. The highest BCUT2D eigenvalue weighted by Gasteiger charge is 2.13. The van der Waals surface area contributed by atoms with Gasteiger partial charge in [0, 0.05) is 37.5 Å². The van der Waals surface area contributed by atoms with Crippen molar-refractivity contribution < 1.29 is 9.47 Å². The standard InChI is InChI=1S/C17H23N3O2/c1(2-9-20-10-8-19-14-20)7-18-13-15-5-3-6-16-17(15)22-12-4-11-21-16/h3,5-6,8,10,14,18H,1-2,4,7,9,11-13H2. The van der Waals surface area contributed by atoms with Gasteiger partial charge < -0.3 is 19.4 Å². The number of para-hydroxylation sites is 1. The zero-order valence-electron chi connectivity index (χ0n) is 12.8. The number of benzene rings is 1. The second-order valence-electron chi connectivity index (χ2n) is 5.48. The number of aromatic nitrogens is 2. The summed E-state index contributed by atoms with van der Waals surface area (Å²) in [7, 11) is 0. The van der Waals surface area contributed by atoms with Crippen molar-refractivity contribution in [1.29, 1.82) is 0 Å². The number of unbranched alkanes of at least 4 members (excludes halogenated alkanes) is 1. The summed E-state index contributed by atoms with van der Waals surface area (Å²) in [6, 6.07) is 6.12. The van der Waals surface area contributed by atoms with Gasteiger partial charge in [0.1, 0.15) is 0 Å². The van der Waals surface area contributed by atoms with Crippen molar-refractivity contribution in [3.05, 3.63) is 42.5 Å². The van der Waals surface area contributed by atoms with Crippen molar-refractivity contribution in [3.8, 4) is 11.5 Å². The van der Waals surface area contributed by atoms with Gasteiger partial charge in [-0.15, -0.1) is 0 Å². The molecule has 0 spiro atoms. The molecule has 0 amide bonds. The molecule has 1 aromatic carbocycles. The molecular weight excluding hydrogens is 278 g/mol. The Kier molecular flexibility index (Phi) is 5.32. The Hall–Kier alpha value is -2.01. The monoisotopic (exact) mass is 301 g/mol. The molecule has 1 aliphatic heterocycles. The van der Waals surface area contributed by atoms with Gasteiger partial charge in [0.15, 0.2) is 11.5 Å². The number of imidazole rings is 1. The molecule has 5 heteroatoms. The van der Waals surface area contributed by atoms with Crippen LogP contribution in [-0.4, -0.2) is 29.3 Å². The van der Waals surface area contributed by atoms with E-state index in [1.54, 1.807) is 0 Å². The summed E-state index contributed by atoms with van der Waals surface area (Å²) in [6.07, 6.45) is 8.92. The number of ether oxygens (including phenoxy) is 2. The molecule has 0 radical (unpaired) electrons. The normalized spacial score (nSPS) is 13.8. The third-order valence-corrected chi connectivity index (χ3v) is 3.75. The highest BCUT2D eigenvalue weighted by molar-refractivity contribution is 5.46. The SMILES string of the molecule is c1cc(CNCCCCn2ccnc2)c2c(c1)OCCCO2. The summed E-state index contributed by atoms with van der Waals surface area (Å²) in [5, 5.41) is 3.49. The van der Waals surface area contributed by atoms with Crippen molar-refractivity contribution in [2.75, 3.05) is 19.8 Å². The molecule has 0 unspecified atom stereocenters. The van der Waals surface area contributed by atoms with E-state index in [0.29, 0.717) is 0 Å². The van der Waals surface area contributed by atoms with Gasteiger partial charge in [-0.2, -0.15) is 0 Å². The minimum Gasteiger partial charge on any atom is -0.490 e. The Bertz CT molecular complexity index is 569. The molecule has 1 N–H and O–H groups in total. The lowest BCUT2D eigenvalue weighted by atomic mass is 10.2. The maximum absolute atomic E-state index is 5.83. The van der Waals surface area contributed by atoms with Crippen LogP contribution in [0.2, 0.25) is 0 Å². The molecular formula is C17H23N3O2. The van der Waals surface area contributed by atoms with E-state index in [2.05, 4.69) is 20.9 Å². The van der Waals surface area contributed by atoms with E-state index in [4.69, 9.17) is 9.47 Å². The summed E-state index contributed by atoms with van der Waals surface area (Å²) >= 11 is 0. The summed E-state index contributed by atoms with van der Waals surface area (Å²) < 4.78 is 13.7. The van der Waals surface area contributed by atoms with Gasteiger partial charge in [-0.05, 0) is 25.5 Å². The van der Waals surface area contributed by atoms with Crippen molar-refractivity contribution in [3.63, 3.8) is 0 Å². The molecule has 0 saturated heterocycles. The zero-order chi connectivity index (χ0) is 15.0. The summed E-state index contributed by atoms with van der Waals surface area (Å²) in [5.74, 6) is 1.78. The third kappa shape index (κ3) is 4.01. The van der Waals surface area contributed by atoms with E-state index < -0.39 is 0 Å². The Labute approximate surface area is 131 Å². The molecule has 5 nitrogen and oxygen atoms in total. The van der Waals surface area contributed by atoms with Gasteiger partial charge in [-0.25, -0.2) is 4.98 Å². The number of fused-ring (bicyclic) bond motifs is 1. The topological polar surface area (TPSA) is 48.3 Å². The van der Waals surface area contributed by atoms with Crippen LogP contribution in [0.1, 0.15) is 24.8 Å². The van der Waals surface area contributed by atoms with Crippen LogP contribution in [0, 0.1) is 0 Å². The number of nitrogens with zero attached hydrogens (tertiary/aromatic N) is 2. The molecule has 1 aromatic heterocycles. The van der Waals surface area contributed by atoms with Gasteiger partial charge in [-0.1, -0.05) is 12.1 Å². The Morgan fingerprint density at radius 3 is 3.05 bits per heavy atom. The molecule has 0 aliphatic carbocycles. The second kappa shape index (κ2) is 7.84. The van der Waals surface area contributed by atoms with Crippen molar-refractivity contribution in [2.45, 2.75) is 32.4 Å². The Morgan fingerprint density at radius 1 is 1.18 bits per heavy atom. The molecule has 0 saturated carbocycles. The van der Waals surface area contributed by atoms with E-state index in [9.17, 15) is 0 Å². The first kappa shape index (κ1) is 14.9. The maximum atomic E-state index is 5.83. The quantitative estimate of drug-likeness (QED) is 0.799. The van der Waals surface area contributed by atoms with Crippen molar-refractivity contribution in [2.24, 2.45) is 0 Å². The molecule has 22 heavy (non-hydrogen) atoms. The van der Waals surface area contributed by atoms with E-state index >= 15 is 0 Å². The molecule has 2 aromatic rings. The van der Waals surface area contributed by atoms with Crippen LogP contribution in [0.4, 0.5) is 0 Å². The maximum Gasteiger partial charge on any atom is 0.165 e. The number of rotatable bonds is 7. The van der Waals surface area contributed by atoms with Crippen LogP contribution in [0.25, 0.3) is 0 Å². The average molecular weight is 301 g/mol. The highest BCUT2D eigenvalue weighted by atomic mass is 16.5. The predicted octanol–water partition coefficient (Wildman–Crippen LogP) is 2.61. The van der Waals surface area contributed by atoms with E-state index in [1.165, 1.54) is 5.56 Å². The van der Waals surface area contributed by atoms with Crippen molar-refractivity contribution in [1.82, 2.24) is 14.9 Å². The summed E-state index contributed by atoms with van der Waals surface area (Å²) in [5.41, 5.74) is 1.18. The Balaban J connectivity index is 1.42. The van der Waals surface area contributed by atoms with Crippen LogP contribution in [-0.2, 0) is 13.1 Å². The fraction of sp³-hybridized carbons (Fsp3) is 0.471. The molecule has 0 atom stereocenters. The second-order valence-corrected chi connectivity index (χ2v) is 5.48. The third-order valence-electron chi connectivity index (χ3n) is 3.75. The van der Waals surface area contributed by atoms with E-state index in [1.807, 2.05) is 30.9 Å². The summed E-state index contributed by atoms with van der Waals surface area (Å²) in [4.78, 5) is 4.05. The van der Waals surface area contributed by atoms with Gasteiger partial charge in [0.2, 0.25) is 0 Å². The number of hydrogen-bond donors (Lipinski definition) is 1. The fourth-order valence-corrected chi connectivity index (χ4v) is 2.58. The van der Waals surface area contributed by atoms with Gasteiger partial charge in [-0.3, -0.25) is 0 Å². The van der Waals surface area contributed by atoms with E-state index in [0.717, 1.165) is 63.6 Å². The van der Waals surface area contributed by atoms with Gasteiger partial charge >= 0.3 is 0 Å². The van der Waals surface area contributed by atoms with Crippen LogP contribution in [0.15, 0.2) is 36.9 Å². The van der Waals surface area contributed by atoms with Gasteiger partial charge in [0.25, 0.3) is 0 Å². The highest BCUT2D eigenvalue weighted by Crippen LogP contribution is 2.33. The first-order valence-electron chi connectivity index (χ1n) is 7.97. The molecule has 3 rings (SSSR count). The van der Waals surface area contributed by atoms with Gasteiger partial charge in [0.05, 0.1) is 19.5 Å².